The van der Waals surface area contributed by atoms with Crippen LogP contribution < -0.4 is 10.6 Å². The number of hydrogen-bond acceptors (Lipinski definition) is 3. The van der Waals surface area contributed by atoms with Gasteiger partial charge >= 0.3 is 0 Å². The largest absolute Gasteiger partial charge is 0.395 e. The third-order valence-corrected chi connectivity index (χ3v) is 3.12. The first-order valence-corrected chi connectivity index (χ1v) is 6.06. The molecule has 1 atom stereocenters. The molecule has 3 nitrogen and oxygen atoms in total. The van der Waals surface area contributed by atoms with E-state index in [1.165, 1.54) is 12.1 Å². The Kier molecular flexibility index (Phi) is 3.64. The van der Waals surface area contributed by atoms with Gasteiger partial charge in [-0.3, -0.25) is 0 Å². The molecule has 1 saturated carbocycles. The molecular weight excluding hydrogens is 219 g/mol. The summed E-state index contributed by atoms with van der Waals surface area (Å²) < 4.78 is 13.3. The fourth-order valence-electron chi connectivity index (χ4n) is 2.15. The van der Waals surface area contributed by atoms with Gasteiger partial charge in [-0.25, -0.2) is 4.39 Å². The van der Waals surface area contributed by atoms with Gasteiger partial charge in [-0.15, -0.1) is 0 Å². The van der Waals surface area contributed by atoms with Crippen LogP contribution >= 0.6 is 0 Å². The summed E-state index contributed by atoms with van der Waals surface area (Å²) in [6.45, 7) is 2.53. The molecule has 1 aliphatic carbocycles. The molecule has 94 valence electrons. The lowest BCUT2D eigenvalue weighted by Gasteiger charge is -2.27. The van der Waals surface area contributed by atoms with Crippen LogP contribution in [-0.4, -0.2) is 24.3 Å². The Bertz CT molecular complexity index is 391. The normalized spacial score (nSPS) is 16.9. The number of nitrogens with two attached hydrogens (primary N) is 1. The second-order valence-corrected chi connectivity index (χ2v) is 4.64. The first kappa shape index (κ1) is 12.3. The number of aliphatic hydroxyl groups is 1. The van der Waals surface area contributed by atoms with Crippen molar-refractivity contribution in [3.8, 4) is 0 Å². The van der Waals surface area contributed by atoms with Gasteiger partial charge in [0.1, 0.15) is 5.82 Å². The molecule has 0 aromatic heterocycles. The van der Waals surface area contributed by atoms with E-state index in [0.717, 1.165) is 24.1 Å². The highest BCUT2D eigenvalue weighted by Gasteiger charge is 2.30. The molecule has 0 bridgehead atoms. The van der Waals surface area contributed by atoms with Crippen LogP contribution in [0.1, 0.15) is 31.4 Å². The van der Waals surface area contributed by atoms with E-state index in [4.69, 9.17) is 10.8 Å². The maximum atomic E-state index is 13.3. The van der Waals surface area contributed by atoms with Gasteiger partial charge in [0.25, 0.3) is 0 Å². The first-order chi connectivity index (χ1) is 8.13. The van der Waals surface area contributed by atoms with E-state index in [2.05, 4.69) is 4.90 Å². The van der Waals surface area contributed by atoms with Crippen LogP contribution in [0.3, 0.4) is 0 Å². The van der Waals surface area contributed by atoms with Crippen molar-refractivity contribution in [2.75, 3.05) is 18.1 Å². The Labute approximate surface area is 101 Å². The van der Waals surface area contributed by atoms with Gasteiger partial charge in [0, 0.05) is 24.3 Å². The van der Waals surface area contributed by atoms with E-state index in [1.807, 2.05) is 6.92 Å². The highest BCUT2D eigenvalue weighted by atomic mass is 19.1. The molecule has 0 radical (unpaired) electrons. The molecule has 17 heavy (non-hydrogen) atoms. The molecule has 0 aliphatic heterocycles. The summed E-state index contributed by atoms with van der Waals surface area (Å²) in [5.74, 6) is -0.263. The topological polar surface area (TPSA) is 49.5 Å². The minimum absolute atomic E-state index is 0.103. The summed E-state index contributed by atoms with van der Waals surface area (Å²) in [6, 6.07) is 4.98. The number of anilines is 1. The van der Waals surface area contributed by atoms with E-state index in [1.54, 1.807) is 6.07 Å². The Morgan fingerprint density at radius 1 is 1.53 bits per heavy atom. The molecule has 1 aromatic rings. The lowest BCUT2D eigenvalue weighted by Crippen LogP contribution is -2.30. The maximum absolute atomic E-state index is 13.3. The fourth-order valence-corrected chi connectivity index (χ4v) is 2.15. The lowest BCUT2D eigenvalue weighted by atomic mass is 10.1. The zero-order chi connectivity index (χ0) is 12.4. The molecule has 0 amide bonds. The summed E-state index contributed by atoms with van der Waals surface area (Å²) in [6.07, 6.45) is 2.27. The van der Waals surface area contributed by atoms with E-state index in [0.29, 0.717) is 12.6 Å². The molecule has 1 fully saturated rings. The van der Waals surface area contributed by atoms with Crippen LogP contribution in [0.5, 0.6) is 0 Å². The molecule has 0 saturated heterocycles. The van der Waals surface area contributed by atoms with Gasteiger partial charge in [0.15, 0.2) is 0 Å². The second kappa shape index (κ2) is 5.02. The standard InChI is InChI=1S/C13H19FN2O/c1-9(15)12-8-10(14)2-5-13(12)16(6-7-17)11-3-4-11/h2,5,8-9,11,17H,3-4,6-7,15H2,1H3/t9-/m0/s1. The third kappa shape index (κ3) is 2.76. The number of benzene rings is 1. The molecule has 3 N–H and O–H groups in total. The predicted molar refractivity (Wildman–Crippen MR) is 66.5 cm³/mol. The van der Waals surface area contributed by atoms with Crippen molar-refractivity contribution in [2.24, 2.45) is 5.73 Å². The highest BCUT2D eigenvalue weighted by molar-refractivity contribution is 5.56. The highest BCUT2D eigenvalue weighted by Crippen LogP contribution is 2.35. The number of rotatable bonds is 5. The van der Waals surface area contributed by atoms with Crippen molar-refractivity contribution in [1.29, 1.82) is 0 Å². The summed E-state index contributed by atoms with van der Waals surface area (Å²) in [7, 11) is 0. The number of halogens is 1. The molecule has 0 heterocycles. The van der Waals surface area contributed by atoms with E-state index >= 15 is 0 Å². The molecule has 1 aromatic carbocycles. The van der Waals surface area contributed by atoms with Gasteiger partial charge in [-0.2, -0.15) is 0 Å². The summed E-state index contributed by atoms with van der Waals surface area (Å²) >= 11 is 0. The maximum Gasteiger partial charge on any atom is 0.123 e. The van der Waals surface area contributed by atoms with Gasteiger partial charge in [0.2, 0.25) is 0 Å². The van der Waals surface area contributed by atoms with E-state index in [-0.39, 0.29) is 18.5 Å². The van der Waals surface area contributed by atoms with Gasteiger partial charge in [-0.05, 0) is 43.5 Å². The third-order valence-electron chi connectivity index (χ3n) is 3.12. The SMILES string of the molecule is C[C@H](N)c1cc(F)ccc1N(CCO)C1CC1. The van der Waals surface area contributed by atoms with E-state index < -0.39 is 0 Å². The smallest absolute Gasteiger partial charge is 0.123 e. The lowest BCUT2D eigenvalue weighted by molar-refractivity contribution is 0.301. The van der Waals surface area contributed by atoms with Crippen LogP contribution in [0.4, 0.5) is 10.1 Å². The van der Waals surface area contributed by atoms with E-state index in [9.17, 15) is 4.39 Å². The number of hydrogen-bond donors (Lipinski definition) is 2. The Morgan fingerprint density at radius 3 is 2.76 bits per heavy atom. The van der Waals surface area contributed by atoms with Crippen LogP contribution in [0.2, 0.25) is 0 Å². The van der Waals surface area contributed by atoms with Gasteiger partial charge < -0.3 is 15.7 Å². The Balaban J connectivity index is 2.34. The molecule has 4 heteroatoms. The predicted octanol–water partition coefficient (Wildman–Crippen LogP) is 1.81. The molecule has 1 aliphatic rings. The Morgan fingerprint density at radius 2 is 2.24 bits per heavy atom. The van der Waals surface area contributed by atoms with Crippen LogP contribution in [0.15, 0.2) is 18.2 Å². The summed E-state index contributed by atoms with van der Waals surface area (Å²) in [4.78, 5) is 2.14. The number of aliphatic hydroxyl groups excluding tert-OH is 1. The molecule has 0 spiro atoms. The fraction of sp³-hybridized carbons (Fsp3) is 0.538. The molecule has 2 rings (SSSR count). The zero-order valence-electron chi connectivity index (χ0n) is 10.1. The van der Waals surface area contributed by atoms with Crippen molar-refractivity contribution in [3.63, 3.8) is 0 Å². The zero-order valence-corrected chi connectivity index (χ0v) is 10.1. The number of nitrogens with zero attached hydrogens (tertiary/aromatic N) is 1. The van der Waals surface area contributed by atoms with Gasteiger partial charge in [-0.1, -0.05) is 0 Å². The van der Waals surface area contributed by atoms with Gasteiger partial charge in [0.05, 0.1) is 6.61 Å². The van der Waals surface area contributed by atoms with Crippen LogP contribution in [0.25, 0.3) is 0 Å². The van der Waals surface area contributed by atoms with Crippen molar-refractivity contribution in [2.45, 2.75) is 31.8 Å². The van der Waals surface area contributed by atoms with Crippen molar-refractivity contribution < 1.29 is 9.50 Å². The minimum atomic E-state index is -0.263. The first-order valence-electron chi connectivity index (χ1n) is 6.06. The Hall–Kier alpha value is -1.13. The molecule has 0 unspecified atom stereocenters. The monoisotopic (exact) mass is 238 g/mol. The van der Waals surface area contributed by atoms with Crippen molar-refractivity contribution in [3.05, 3.63) is 29.6 Å². The second-order valence-electron chi connectivity index (χ2n) is 4.64. The average Bonchev–Trinajstić information content (AvgIpc) is 3.10. The van der Waals surface area contributed by atoms with Crippen molar-refractivity contribution >= 4 is 5.69 Å². The van der Waals surface area contributed by atoms with Crippen LogP contribution in [-0.2, 0) is 0 Å². The van der Waals surface area contributed by atoms with Crippen molar-refractivity contribution in [1.82, 2.24) is 0 Å². The molecular formula is C13H19FN2O. The quantitative estimate of drug-likeness (QED) is 0.822. The summed E-state index contributed by atoms with van der Waals surface area (Å²) in [5, 5.41) is 9.11. The average molecular weight is 238 g/mol. The van der Waals surface area contributed by atoms with Crippen LogP contribution in [0, 0.1) is 5.82 Å². The summed E-state index contributed by atoms with van der Waals surface area (Å²) in [5.41, 5.74) is 7.65. The minimum Gasteiger partial charge on any atom is -0.395 e.